The van der Waals surface area contributed by atoms with E-state index in [1.54, 1.807) is 12.1 Å². The maximum absolute atomic E-state index is 12.1. The first-order valence-electron chi connectivity index (χ1n) is 5.70. The second kappa shape index (κ2) is 5.44. The van der Waals surface area contributed by atoms with Crippen LogP contribution in [-0.4, -0.2) is 31.6 Å². The van der Waals surface area contributed by atoms with Crippen molar-refractivity contribution in [2.24, 2.45) is 0 Å². The average Bonchev–Trinajstić information content (AvgIpc) is 2.91. The second-order valence-corrected chi connectivity index (χ2v) is 5.67. The van der Waals surface area contributed by atoms with Gasteiger partial charge in [0, 0.05) is 0 Å². The highest BCUT2D eigenvalue weighted by atomic mass is 32.2. The number of aromatic nitrogens is 1. The van der Waals surface area contributed by atoms with Gasteiger partial charge in [-0.2, -0.15) is 8.42 Å². The van der Waals surface area contributed by atoms with Crippen molar-refractivity contribution < 1.29 is 27.5 Å². The summed E-state index contributed by atoms with van der Waals surface area (Å²) < 4.78 is 36.1. The van der Waals surface area contributed by atoms with Crippen LogP contribution < -0.4 is 9.46 Å². The standard InChI is InChI=1S/C12H12N2O6S/c1-7-3-4-8(9(5-7)19-2)14-21(17,18)12-13-6-10(20-12)11(15)16/h3-6,14H,1-2H3,(H,15,16). The lowest BCUT2D eigenvalue weighted by Gasteiger charge is -2.10. The minimum atomic E-state index is -4.14. The molecule has 9 heteroatoms. The van der Waals surface area contributed by atoms with Gasteiger partial charge in [-0.25, -0.2) is 9.78 Å². The van der Waals surface area contributed by atoms with Gasteiger partial charge in [0.05, 0.1) is 19.0 Å². The lowest BCUT2D eigenvalue weighted by molar-refractivity contribution is 0.0656. The van der Waals surface area contributed by atoms with Crippen molar-refractivity contribution >= 4 is 21.7 Å². The van der Waals surface area contributed by atoms with E-state index in [4.69, 9.17) is 9.84 Å². The Bertz CT molecular complexity index is 781. The van der Waals surface area contributed by atoms with Crippen LogP contribution in [0.2, 0.25) is 0 Å². The van der Waals surface area contributed by atoms with Crippen LogP contribution in [0.3, 0.4) is 0 Å². The quantitative estimate of drug-likeness (QED) is 0.858. The number of carbonyl (C=O) groups is 1. The number of carboxylic acid groups (broad SMARTS) is 1. The zero-order valence-electron chi connectivity index (χ0n) is 11.2. The maximum Gasteiger partial charge on any atom is 0.373 e. The van der Waals surface area contributed by atoms with Crippen molar-refractivity contribution in [3.63, 3.8) is 0 Å². The summed E-state index contributed by atoms with van der Waals surface area (Å²) in [6, 6.07) is 4.86. The molecule has 0 aliphatic carbocycles. The van der Waals surface area contributed by atoms with E-state index < -0.39 is 27.0 Å². The largest absolute Gasteiger partial charge is 0.495 e. The van der Waals surface area contributed by atoms with E-state index in [0.29, 0.717) is 5.75 Å². The summed E-state index contributed by atoms with van der Waals surface area (Å²) in [6.45, 7) is 1.83. The lowest BCUT2D eigenvalue weighted by Crippen LogP contribution is -2.14. The highest BCUT2D eigenvalue weighted by Crippen LogP contribution is 2.27. The molecule has 2 aromatic rings. The van der Waals surface area contributed by atoms with Crippen molar-refractivity contribution in [2.45, 2.75) is 12.1 Å². The fourth-order valence-electron chi connectivity index (χ4n) is 1.55. The fraction of sp³-hybridized carbons (Fsp3) is 0.167. The first-order valence-corrected chi connectivity index (χ1v) is 7.18. The number of aryl methyl sites for hydroxylation is 1. The smallest absolute Gasteiger partial charge is 0.373 e. The van der Waals surface area contributed by atoms with E-state index >= 15 is 0 Å². The van der Waals surface area contributed by atoms with Crippen molar-refractivity contribution in [3.05, 3.63) is 35.7 Å². The van der Waals surface area contributed by atoms with Gasteiger partial charge >= 0.3 is 21.2 Å². The summed E-state index contributed by atoms with van der Waals surface area (Å²) in [5.74, 6) is -1.65. The number of nitrogens with zero attached hydrogens (tertiary/aromatic N) is 1. The molecule has 1 aromatic carbocycles. The number of nitrogens with one attached hydrogen (secondary N) is 1. The zero-order chi connectivity index (χ0) is 15.6. The Balaban J connectivity index is 2.35. The highest BCUT2D eigenvalue weighted by Gasteiger charge is 2.24. The minimum Gasteiger partial charge on any atom is -0.495 e. The minimum absolute atomic E-state index is 0.193. The molecule has 2 rings (SSSR count). The number of sulfonamides is 1. The van der Waals surface area contributed by atoms with Crippen LogP contribution in [0, 0.1) is 6.92 Å². The number of carboxylic acids is 1. The summed E-state index contributed by atoms with van der Waals surface area (Å²) in [4.78, 5) is 14.1. The van der Waals surface area contributed by atoms with Gasteiger partial charge in [0.15, 0.2) is 0 Å². The lowest BCUT2D eigenvalue weighted by atomic mass is 10.2. The monoisotopic (exact) mass is 312 g/mol. The molecular weight excluding hydrogens is 300 g/mol. The summed E-state index contributed by atoms with van der Waals surface area (Å²) in [6.07, 6.45) is 0.823. The highest BCUT2D eigenvalue weighted by molar-refractivity contribution is 7.92. The van der Waals surface area contributed by atoms with Crippen LogP contribution in [0.25, 0.3) is 0 Å². The van der Waals surface area contributed by atoms with Crippen molar-refractivity contribution in [2.75, 3.05) is 11.8 Å². The number of anilines is 1. The first kappa shape index (κ1) is 14.9. The van der Waals surface area contributed by atoms with Crippen LogP contribution in [0.5, 0.6) is 5.75 Å². The number of benzene rings is 1. The van der Waals surface area contributed by atoms with Gasteiger partial charge in [0.1, 0.15) is 5.75 Å². The van der Waals surface area contributed by atoms with Gasteiger partial charge in [0.2, 0.25) is 5.76 Å². The van der Waals surface area contributed by atoms with E-state index in [2.05, 4.69) is 14.1 Å². The molecule has 0 atom stereocenters. The van der Waals surface area contributed by atoms with E-state index in [0.717, 1.165) is 11.8 Å². The Morgan fingerprint density at radius 1 is 1.43 bits per heavy atom. The molecule has 1 aromatic heterocycles. The summed E-state index contributed by atoms with van der Waals surface area (Å²) in [5.41, 5.74) is 1.08. The maximum atomic E-state index is 12.1. The molecule has 1 heterocycles. The van der Waals surface area contributed by atoms with Crippen LogP contribution in [0.4, 0.5) is 5.69 Å². The van der Waals surface area contributed by atoms with Gasteiger partial charge in [-0.05, 0) is 24.6 Å². The van der Waals surface area contributed by atoms with Crippen molar-refractivity contribution in [1.29, 1.82) is 0 Å². The predicted molar refractivity (Wildman–Crippen MR) is 72.0 cm³/mol. The third-order valence-corrected chi connectivity index (χ3v) is 3.66. The van der Waals surface area contributed by atoms with E-state index in [1.807, 2.05) is 6.92 Å². The van der Waals surface area contributed by atoms with Crippen molar-refractivity contribution in [1.82, 2.24) is 4.98 Å². The summed E-state index contributed by atoms with van der Waals surface area (Å²) >= 11 is 0. The molecule has 0 unspecified atom stereocenters. The van der Waals surface area contributed by atoms with Gasteiger partial charge in [-0.3, -0.25) is 4.72 Å². The molecule has 21 heavy (non-hydrogen) atoms. The van der Waals surface area contributed by atoms with Gasteiger partial charge in [-0.1, -0.05) is 6.07 Å². The van der Waals surface area contributed by atoms with Crippen LogP contribution in [0.15, 0.2) is 34.0 Å². The molecule has 112 valence electrons. The first-order chi connectivity index (χ1) is 9.83. The second-order valence-electron chi connectivity index (χ2n) is 4.10. The summed E-state index contributed by atoms with van der Waals surface area (Å²) in [5, 5.41) is 7.96. The Labute approximate surface area is 120 Å². The molecule has 0 saturated heterocycles. The summed E-state index contributed by atoms with van der Waals surface area (Å²) in [7, 11) is -2.74. The Kier molecular flexibility index (Phi) is 3.85. The molecule has 8 nitrogen and oxygen atoms in total. The number of methoxy groups -OCH3 is 1. The molecule has 0 saturated carbocycles. The third kappa shape index (κ3) is 3.14. The zero-order valence-corrected chi connectivity index (χ0v) is 12.0. The molecule has 0 radical (unpaired) electrons. The number of oxazole rings is 1. The van der Waals surface area contributed by atoms with E-state index in [-0.39, 0.29) is 5.69 Å². The van der Waals surface area contributed by atoms with Crippen LogP contribution in [-0.2, 0) is 10.0 Å². The van der Waals surface area contributed by atoms with Gasteiger partial charge in [-0.15, -0.1) is 0 Å². The van der Waals surface area contributed by atoms with Crippen LogP contribution >= 0.6 is 0 Å². The topological polar surface area (TPSA) is 119 Å². The number of hydrogen-bond acceptors (Lipinski definition) is 6. The van der Waals surface area contributed by atoms with E-state index in [1.165, 1.54) is 13.2 Å². The number of aromatic carboxylic acids is 1. The van der Waals surface area contributed by atoms with Gasteiger partial charge in [0.25, 0.3) is 0 Å². The Morgan fingerprint density at radius 2 is 2.14 bits per heavy atom. The molecule has 2 N–H and O–H groups in total. The molecular formula is C12H12N2O6S. The molecule has 0 spiro atoms. The molecule has 0 fully saturated rings. The molecule has 0 amide bonds. The molecule has 0 bridgehead atoms. The van der Waals surface area contributed by atoms with Crippen molar-refractivity contribution in [3.8, 4) is 5.75 Å². The average molecular weight is 312 g/mol. The Hall–Kier alpha value is -2.55. The molecule has 0 aliphatic rings. The van der Waals surface area contributed by atoms with E-state index in [9.17, 15) is 13.2 Å². The number of ether oxygens (including phenoxy) is 1. The Morgan fingerprint density at radius 3 is 2.71 bits per heavy atom. The number of hydrogen-bond donors (Lipinski definition) is 2. The fourth-order valence-corrected chi connectivity index (χ4v) is 2.49. The predicted octanol–water partition coefficient (Wildman–Crippen LogP) is 1.49. The normalized spacial score (nSPS) is 11.1. The van der Waals surface area contributed by atoms with Gasteiger partial charge < -0.3 is 14.3 Å². The van der Waals surface area contributed by atoms with Crippen LogP contribution in [0.1, 0.15) is 16.1 Å². The molecule has 0 aliphatic heterocycles. The number of rotatable bonds is 5. The SMILES string of the molecule is COc1cc(C)ccc1NS(=O)(=O)c1ncc(C(=O)O)o1. The third-order valence-electron chi connectivity index (χ3n) is 2.53.